The van der Waals surface area contributed by atoms with Gasteiger partial charge >= 0.3 is 5.97 Å². The van der Waals surface area contributed by atoms with Crippen molar-refractivity contribution in [2.24, 2.45) is 5.92 Å². The molecule has 1 saturated heterocycles. The average Bonchev–Trinajstić information content (AvgIpc) is 2.93. The number of nitrogens with zero attached hydrogens (tertiary/aromatic N) is 3. The largest absolute Gasteiger partial charge is 0.493 e. The highest BCUT2D eigenvalue weighted by Gasteiger charge is 2.27. The summed E-state index contributed by atoms with van der Waals surface area (Å²) < 4.78 is 10.5. The molecule has 1 aliphatic heterocycles. The summed E-state index contributed by atoms with van der Waals surface area (Å²) in [5.74, 6) is 0.464. The maximum absolute atomic E-state index is 13.2. The van der Waals surface area contributed by atoms with Gasteiger partial charge in [0.05, 0.1) is 25.0 Å². The summed E-state index contributed by atoms with van der Waals surface area (Å²) in [6.45, 7) is 3.78. The summed E-state index contributed by atoms with van der Waals surface area (Å²) in [4.78, 5) is 35.4. The number of hydrogen-bond acceptors (Lipinski definition) is 7. The van der Waals surface area contributed by atoms with Crippen molar-refractivity contribution in [2.75, 3.05) is 26.7 Å². The molecule has 8 nitrogen and oxygen atoms in total. The fourth-order valence-corrected chi connectivity index (χ4v) is 4.57. The number of amides is 1. The van der Waals surface area contributed by atoms with Crippen LogP contribution in [0, 0.1) is 5.92 Å². The number of nitrogens with one attached hydrogen (secondary N) is 1. The topological polar surface area (TPSA) is 93.7 Å². The van der Waals surface area contributed by atoms with Crippen molar-refractivity contribution in [1.29, 1.82) is 0 Å². The molecule has 3 aromatic rings. The van der Waals surface area contributed by atoms with E-state index in [2.05, 4.69) is 26.3 Å². The normalized spacial score (nSPS) is 15.2. The number of carbonyl (C=O) groups excluding carboxylic acids is 2. The van der Waals surface area contributed by atoms with Crippen LogP contribution in [0.15, 0.2) is 67.1 Å². The van der Waals surface area contributed by atoms with E-state index in [4.69, 9.17) is 21.1 Å². The van der Waals surface area contributed by atoms with E-state index in [-0.39, 0.29) is 11.8 Å². The number of likely N-dealkylation sites (tertiary alicyclic amines) is 1. The molecule has 0 radical (unpaired) electrons. The third kappa shape index (κ3) is 7.40. The molecule has 0 bridgehead atoms. The smallest absolute Gasteiger partial charge is 0.308 e. The van der Waals surface area contributed by atoms with Gasteiger partial charge in [0.15, 0.2) is 11.5 Å². The zero-order valence-corrected chi connectivity index (χ0v) is 22.2. The van der Waals surface area contributed by atoms with Crippen LogP contribution in [0.2, 0.25) is 5.02 Å². The average molecular weight is 535 g/mol. The standard InChI is InChI=1S/C29H31ClN4O4/c1-20(35)38-26-10-5-21(18-27(26)37-2)4-3-15-34-16-11-23(12-17-34)29(36)33-28(25-19-31-13-14-32-25)22-6-8-24(30)9-7-22/h3-10,13-14,18-19,23,28H,11-12,15-17H2,1-2H3,(H,33,36)/b4-3+. The van der Waals surface area contributed by atoms with Gasteiger partial charge in [-0.15, -0.1) is 0 Å². The van der Waals surface area contributed by atoms with Crippen molar-refractivity contribution in [3.8, 4) is 11.5 Å². The van der Waals surface area contributed by atoms with E-state index >= 15 is 0 Å². The van der Waals surface area contributed by atoms with Gasteiger partial charge in [-0.2, -0.15) is 0 Å². The minimum absolute atomic E-state index is 0.0192. The van der Waals surface area contributed by atoms with Crippen molar-refractivity contribution in [1.82, 2.24) is 20.2 Å². The molecular formula is C29H31ClN4O4. The van der Waals surface area contributed by atoms with Gasteiger partial charge in [0, 0.05) is 36.8 Å². The molecule has 4 rings (SSSR count). The predicted molar refractivity (Wildman–Crippen MR) is 146 cm³/mol. The molecule has 1 N–H and O–H groups in total. The molecular weight excluding hydrogens is 504 g/mol. The Bertz CT molecular complexity index is 1260. The van der Waals surface area contributed by atoms with Crippen LogP contribution in [-0.4, -0.2) is 53.5 Å². The number of esters is 1. The lowest BCUT2D eigenvalue weighted by atomic mass is 9.94. The van der Waals surface area contributed by atoms with Gasteiger partial charge in [-0.3, -0.25) is 24.5 Å². The third-order valence-corrected chi connectivity index (χ3v) is 6.69. The molecule has 38 heavy (non-hydrogen) atoms. The third-order valence-electron chi connectivity index (χ3n) is 6.44. The first-order valence-corrected chi connectivity index (χ1v) is 12.9. The van der Waals surface area contributed by atoms with Crippen LogP contribution in [0.5, 0.6) is 11.5 Å². The van der Waals surface area contributed by atoms with Gasteiger partial charge in [-0.1, -0.05) is 42.0 Å². The van der Waals surface area contributed by atoms with E-state index < -0.39 is 12.0 Å². The van der Waals surface area contributed by atoms with Crippen LogP contribution >= 0.6 is 11.6 Å². The molecule has 1 aliphatic rings. The van der Waals surface area contributed by atoms with E-state index in [1.165, 1.54) is 6.92 Å². The predicted octanol–water partition coefficient (Wildman–Crippen LogP) is 4.69. The van der Waals surface area contributed by atoms with Crippen LogP contribution in [0.4, 0.5) is 0 Å². The van der Waals surface area contributed by atoms with Crippen LogP contribution in [0.3, 0.4) is 0 Å². The van der Waals surface area contributed by atoms with Gasteiger partial charge < -0.3 is 14.8 Å². The highest BCUT2D eigenvalue weighted by Crippen LogP contribution is 2.29. The molecule has 0 saturated carbocycles. The lowest BCUT2D eigenvalue weighted by Crippen LogP contribution is -2.42. The van der Waals surface area contributed by atoms with Gasteiger partial charge in [0.1, 0.15) is 0 Å². The van der Waals surface area contributed by atoms with Gasteiger partial charge in [-0.25, -0.2) is 0 Å². The van der Waals surface area contributed by atoms with Crippen LogP contribution in [0.25, 0.3) is 6.08 Å². The molecule has 198 valence electrons. The number of methoxy groups -OCH3 is 1. The molecule has 0 spiro atoms. The summed E-state index contributed by atoms with van der Waals surface area (Å²) in [7, 11) is 1.54. The molecule has 2 aromatic carbocycles. The monoisotopic (exact) mass is 534 g/mol. The van der Waals surface area contributed by atoms with Gasteiger partial charge in [0.2, 0.25) is 5.91 Å². The molecule has 1 unspecified atom stereocenters. The summed E-state index contributed by atoms with van der Waals surface area (Å²) in [6, 6.07) is 12.5. The number of piperidine rings is 1. The van der Waals surface area contributed by atoms with Crippen molar-refractivity contribution in [3.63, 3.8) is 0 Å². The van der Waals surface area contributed by atoms with Crippen molar-refractivity contribution in [2.45, 2.75) is 25.8 Å². The second kappa shape index (κ2) is 13.2. The molecule has 2 heterocycles. The maximum atomic E-state index is 13.2. The summed E-state index contributed by atoms with van der Waals surface area (Å²) in [5, 5.41) is 3.82. The first-order valence-electron chi connectivity index (χ1n) is 12.5. The summed E-state index contributed by atoms with van der Waals surface area (Å²) in [5.41, 5.74) is 2.54. The fraction of sp³-hybridized carbons (Fsp3) is 0.310. The molecule has 1 amide bonds. The van der Waals surface area contributed by atoms with Gasteiger partial charge in [0.25, 0.3) is 0 Å². The number of carbonyl (C=O) groups is 2. The van der Waals surface area contributed by atoms with Gasteiger partial charge in [-0.05, 0) is 61.3 Å². The lowest BCUT2D eigenvalue weighted by Gasteiger charge is -2.31. The highest BCUT2D eigenvalue weighted by molar-refractivity contribution is 6.30. The Morgan fingerprint density at radius 1 is 1.13 bits per heavy atom. The van der Waals surface area contributed by atoms with E-state index in [9.17, 15) is 9.59 Å². The molecule has 9 heteroatoms. The van der Waals surface area contributed by atoms with Crippen LogP contribution < -0.4 is 14.8 Å². The van der Waals surface area contributed by atoms with Crippen molar-refractivity contribution in [3.05, 3.63) is 89.0 Å². The minimum atomic E-state index is -0.391. The number of hydrogen-bond donors (Lipinski definition) is 1. The fourth-order valence-electron chi connectivity index (χ4n) is 4.45. The highest BCUT2D eigenvalue weighted by atomic mass is 35.5. The van der Waals surface area contributed by atoms with Crippen LogP contribution in [-0.2, 0) is 9.59 Å². The SMILES string of the molecule is COc1cc(/C=C/CN2CCC(C(=O)NC(c3ccc(Cl)cc3)c3cnccn3)CC2)ccc1OC(C)=O. The first kappa shape index (κ1) is 27.3. The quantitative estimate of drug-likeness (QED) is 0.314. The Morgan fingerprint density at radius 3 is 2.55 bits per heavy atom. The van der Waals surface area contributed by atoms with Crippen LogP contribution in [0.1, 0.15) is 42.6 Å². The maximum Gasteiger partial charge on any atom is 0.308 e. The number of ether oxygens (including phenoxy) is 2. The zero-order valence-electron chi connectivity index (χ0n) is 21.5. The Kier molecular flexibility index (Phi) is 9.46. The molecule has 1 aromatic heterocycles. The number of halogens is 1. The first-order chi connectivity index (χ1) is 18.4. The molecule has 0 aliphatic carbocycles. The zero-order chi connectivity index (χ0) is 26.9. The number of benzene rings is 2. The minimum Gasteiger partial charge on any atom is -0.493 e. The van der Waals surface area contributed by atoms with E-state index in [1.54, 1.807) is 31.8 Å². The van der Waals surface area contributed by atoms with E-state index in [0.717, 1.165) is 43.6 Å². The molecule has 1 fully saturated rings. The summed E-state index contributed by atoms with van der Waals surface area (Å²) >= 11 is 6.06. The Balaban J connectivity index is 1.31. The van der Waals surface area contributed by atoms with E-state index in [0.29, 0.717) is 22.2 Å². The van der Waals surface area contributed by atoms with E-state index in [1.807, 2.05) is 42.5 Å². The lowest BCUT2D eigenvalue weighted by molar-refractivity contribution is -0.132. The number of aromatic nitrogens is 2. The Morgan fingerprint density at radius 2 is 1.89 bits per heavy atom. The van der Waals surface area contributed by atoms with Crippen molar-refractivity contribution < 1.29 is 19.1 Å². The van der Waals surface area contributed by atoms with Crippen molar-refractivity contribution >= 4 is 29.6 Å². The number of rotatable bonds is 9. The Hall–Kier alpha value is -3.75. The second-order valence-electron chi connectivity index (χ2n) is 9.10. The summed E-state index contributed by atoms with van der Waals surface area (Å²) in [6.07, 6.45) is 10.6. The Labute approximate surface area is 227 Å². The molecule has 1 atom stereocenters. The second-order valence-corrected chi connectivity index (χ2v) is 9.54.